The number of methoxy groups -OCH3 is 2. The van der Waals surface area contributed by atoms with Crippen LogP contribution in [0, 0.1) is 0 Å². The van der Waals surface area contributed by atoms with Crippen LogP contribution >= 0.6 is 11.6 Å². The maximum atomic E-state index is 12.2. The molecule has 0 saturated carbocycles. The summed E-state index contributed by atoms with van der Waals surface area (Å²) in [6, 6.07) is 12.5. The van der Waals surface area contributed by atoms with Gasteiger partial charge in [0.15, 0.2) is 18.1 Å². The Balaban J connectivity index is 2.01. The number of ether oxygens (including phenoxy) is 3. The van der Waals surface area contributed by atoms with Crippen molar-refractivity contribution in [2.75, 3.05) is 20.8 Å². The minimum atomic E-state index is -0.221. The third-order valence-corrected chi connectivity index (χ3v) is 4.06. The predicted molar refractivity (Wildman–Crippen MR) is 97.7 cm³/mol. The van der Waals surface area contributed by atoms with Crippen LogP contribution in [0.25, 0.3) is 0 Å². The van der Waals surface area contributed by atoms with Gasteiger partial charge in [-0.1, -0.05) is 36.7 Å². The minimum Gasteiger partial charge on any atom is -0.493 e. The molecule has 0 radical (unpaired) electrons. The van der Waals surface area contributed by atoms with Gasteiger partial charge in [-0.25, -0.2) is 0 Å². The van der Waals surface area contributed by atoms with Crippen molar-refractivity contribution in [1.82, 2.24) is 5.32 Å². The summed E-state index contributed by atoms with van der Waals surface area (Å²) in [5.41, 5.74) is 0.936. The number of carbonyl (C=O) groups is 1. The van der Waals surface area contributed by atoms with Crippen LogP contribution in [0.4, 0.5) is 0 Å². The Morgan fingerprint density at radius 1 is 1.08 bits per heavy atom. The molecule has 6 heteroatoms. The van der Waals surface area contributed by atoms with Gasteiger partial charge in [0.2, 0.25) is 0 Å². The highest BCUT2D eigenvalue weighted by molar-refractivity contribution is 6.32. The fourth-order valence-electron chi connectivity index (χ4n) is 2.43. The van der Waals surface area contributed by atoms with Crippen LogP contribution in [0.1, 0.15) is 24.9 Å². The zero-order chi connectivity index (χ0) is 18.2. The molecule has 2 aromatic rings. The van der Waals surface area contributed by atoms with Crippen LogP contribution in [-0.4, -0.2) is 26.7 Å². The van der Waals surface area contributed by atoms with Crippen LogP contribution in [-0.2, 0) is 4.79 Å². The van der Waals surface area contributed by atoms with Crippen LogP contribution in [0.15, 0.2) is 42.5 Å². The topological polar surface area (TPSA) is 56.8 Å². The van der Waals surface area contributed by atoms with Gasteiger partial charge in [-0.05, 0) is 36.2 Å². The van der Waals surface area contributed by atoms with E-state index in [-0.39, 0.29) is 18.6 Å². The van der Waals surface area contributed by atoms with E-state index in [1.807, 2.05) is 25.1 Å². The summed E-state index contributed by atoms with van der Waals surface area (Å²) < 4.78 is 16.0. The van der Waals surface area contributed by atoms with Crippen molar-refractivity contribution in [3.63, 3.8) is 0 Å². The van der Waals surface area contributed by atoms with Gasteiger partial charge in [-0.3, -0.25) is 4.79 Å². The number of halogens is 1. The zero-order valence-electron chi connectivity index (χ0n) is 14.5. The summed E-state index contributed by atoms with van der Waals surface area (Å²) in [6.07, 6.45) is 0.729. The highest BCUT2D eigenvalue weighted by Crippen LogP contribution is 2.31. The van der Waals surface area contributed by atoms with Crippen molar-refractivity contribution < 1.29 is 19.0 Å². The molecule has 0 bridgehead atoms. The van der Waals surface area contributed by atoms with Gasteiger partial charge < -0.3 is 19.5 Å². The highest BCUT2D eigenvalue weighted by Gasteiger charge is 2.16. The second kappa shape index (κ2) is 9.18. The number of nitrogens with one attached hydrogen (secondary N) is 1. The Morgan fingerprint density at radius 2 is 1.80 bits per heavy atom. The summed E-state index contributed by atoms with van der Waals surface area (Å²) in [7, 11) is 3.17. The molecule has 0 fully saturated rings. The van der Waals surface area contributed by atoms with E-state index in [9.17, 15) is 4.79 Å². The molecule has 1 N–H and O–H groups in total. The average molecular weight is 364 g/mol. The van der Waals surface area contributed by atoms with Gasteiger partial charge in [0.1, 0.15) is 5.75 Å². The molecule has 0 heterocycles. The number of carbonyl (C=O) groups excluding carboxylic acids is 1. The van der Waals surface area contributed by atoms with Crippen molar-refractivity contribution >= 4 is 17.5 Å². The molecular weight excluding hydrogens is 342 g/mol. The number of amides is 1. The summed E-state index contributed by atoms with van der Waals surface area (Å²) in [6.45, 7) is 1.89. The summed E-state index contributed by atoms with van der Waals surface area (Å²) >= 11 is 6.02. The smallest absolute Gasteiger partial charge is 0.258 e. The lowest BCUT2D eigenvalue weighted by Crippen LogP contribution is -2.32. The summed E-state index contributed by atoms with van der Waals surface area (Å²) in [4.78, 5) is 12.2. The van der Waals surface area contributed by atoms with Crippen LogP contribution in [0.5, 0.6) is 17.2 Å². The molecule has 1 atom stereocenters. The third-order valence-electron chi connectivity index (χ3n) is 3.75. The molecule has 25 heavy (non-hydrogen) atoms. The Bertz CT molecular complexity index is 720. The normalized spacial score (nSPS) is 11.5. The monoisotopic (exact) mass is 363 g/mol. The lowest BCUT2D eigenvalue weighted by Gasteiger charge is -2.19. The van der Waals surface area contributed by atoms with E-state index in [0.717, 1.165) is 12.0 Å². The van der Waals surface area contributed by atoms with Gasteiger partial charge in [0, 0.05) is 0 Å². The number of hydrogen-bond acceptors (Lipinski definition) is 4. The number of rotatable bonds is 8. The first-order valence-electron chi connectivity index (χ1n) is 7.97. The molecule has 2 rings (SSSR count). The molecule has 5 nitrogen and oxygen atoms in total. The Morgan fingerprint density at radius 3 is 2.44 bits per heavy atom. The van der Waals surface area contributed by atoms with Gasteiger partial charge >= 0.3 is 0 Å². The minimum absolute atomic E-state index is 0.104. The van der Waals surface area contributed by atoms with Gasteiger partial charge in [0.25, 0.3) is 5.91 Å². The second-order valence-corrected chi connectivity index (χ2v) is 5.77. The first-order chi connectivity index (χ1) is 12.1. The SMILES string of the molecule is CC[C@H](NC(=O)COc1ccccc1Cl)c1ccc(OC)c(OC)c1. The van der Waals surface area contributed by atoms with Crippen LogP contribution in [0.3, 0.4) is 0 Å². The van der Waals surface area contributed by atoms with Crippen LogP contribution < -0.4 is 19.5 Å². The van der Waals surface area contributed by atoms with Crippen molar-refractivity contribution in [2.45, 2.75) is 19.4 Å². The fraction of sp³-hybridized carbons (Fsp3) is 0.316. The Hall–Kier alpha value is -2.40. The quantitative estimate of drug-likeness (QED) is 0.770. The zero-order valence-corrected chi connectivity index (χ0v) is 15.3. The lowest BCUT2D eigenvalue weighted by molar-refractivity contribution is -0.123. The van der Waals surface area contributed by atoms with E-state index in [2.05, 4.69) is 5.32 Å². The molecule has 134 valence electrons. The lowest BCUT2D eigenvalue weighted by atomic mass is 10.0. The van der Waals surface area contributed by atoms with Gasteiger partial charge in [-0.2, -0.15) is 0 Å². The molecular formula is C19H22ClNO4. The van der Waals surface area contributed by atoms with Gasteiger partial charge in [0.05, 0.1) is 25.3 Å². The van der Waals surface area contributed by atoms with Crippen molar-refractivity contribution in [3.05, 3.63) is 53.1 Å². The standard InChI is InChI=1S/C19H22ClNO4/c1-4-15(13-9-10-17(23-2)18(11-13)24-3)21-19(22)12-25-16-8-6-5-7-14(16)20/h5-11,15H,4,12H2,1-3H3,(H,21,22)/t15-/m0/s1. The first kappa shape index (κ1) is 18.9. The van der Waals surface area contributed by atoms with Crippen LogP contribution in [0.2, 0.25) is 5.02 Å². The summed E-state index contributed by atoms with van der Waals surface area (Å²) in [5, 5.41) is 3.43. The van der Waals surface area contributed by atoms with E-state index >= 15 is 0 Å². The second-order valence-electron chi connectivity index (χ2n) is 5.36. The van der Waals surface area contributed by atoms with Crippen molar-refractivity contribution in [3.8, 4) is 17.2 Å². The van der Waals surface area contributed by atoms with Gasteiger partial charge in [-0.15, -0.1) is 0 Å². The predicted octanol–water partition coefficient (Wildman–Crippen LogP) is 4.00. The molecule has 0 saturated heterocycles. The van der Waals surface area contributed by atoms with E-state index < -0.39 is 0 Å². The molecule has 0 aromatic heterocycles. The molecule has 0 spiro atoms. The van der Waals surface area contributed by atoms with E-state index in [4.69, 9.17) is 25.8 Å². The average Bonchev–Trinajstić information content (AvgIpc) is 2.64. The van der Waals surface area contributed by atoms with E-state index in [0.29, 0.717) is 22.3 Å². The van der Waals surface area contributed by atoms with Crippen molar-refractivity contribution in [2.24, 2.45) is 0 Å². The molecule has 1 amide bonds. The van der Waals surface area contributed by atoms with Crippen molar-refractivity contribution in [1.29, 1.82) is 0 Å². The highest BCUT2D eigenvalue weighted by atomic mass is 35.5. The Labute approximate surface area is 152 Å². The molecule has 0 aliphatic carbocycles. The summed E-state index contributed by atoms with van der Waals surface area (Å²) in [5.74, 6) is 1.54. The number of hydrogen-bond donors (Lipinski definition) is 1. The molecule has 2 aromatic carbocycles. The fourth-order valence-corrected chi connectivity index (χ4v) is 2.62. The molecule has 0 unspecified atom stereocenters. The maximum Gasteiger partial charge on any atom is 0.258 e. The maximum absolute atomic E-state index is 12.2. The third kappa shape index (κ3) is 5.03. The Kier molecular flexibility index (Phi) is 6.95. The molecule has 0 aliphatic heterocycles. The first-order valence-corrected chi connectivity index (χ1v) is 8.35. The molecule has 0 aliphatic rings. The number of benzene rings is 2. The van der Waals surface area contributed by atoms with E-state index in [1.54, 1.807) is 38.5 Å². The largest absolute Gasteiger partial charge is 0.493 e. The number of para-hydroxylation sites is 1. The van der Waals surface area contributed by atoms with E-state index in [1.165, 1.54) is 0 Å².